The number of aliphatic imine (C=N–C) groups is 1. The van der Waals surface area contributed by atoms with Crippen molar-refractivity contribution in [1.82, 2.24) is 67.7 Å². The summed E-state index contributed by atoms with van der Waals surface area (Å²) in [4.78, 5) is 157. The lowest BCUT2D eigenvalue weighted by molar-refractivity contribution is -0.142. The normalized spacial score (nSPS) is 17.1. The molecule has 4 heterocycles. The van der Waals surface area contributed by atoms with E-state index in [-0.39, 0.29) is 106 Å². The molecule has 16 N–H and O–H groups in total. The second-order valence-corrected chi connectivity index (χ2v) is 25.0. The number of carbonyl (C=O) groups excluding carboxylic acids is 10. The highest BCUT2D eigenvalue weighted by Gasteiger charge is 2.40. The summed E-state index contributed by atoms with van der Waals surface area (Å²) in [7, 11) is 0. The first-order valence-electron chi connectivity index (χ1n) is 31.2. The number of imidazole rings is 1. The van der Waals surface area contributed by atoms with Crippen LogP contribution in [0.4, 0.5) is 0 Å². The highest BCUT2D eigenvalue weighted by atomic mass is 16.5. The SMILES string of the molecule is CCNC(=O)[C@@H]1CCCN1C(=O)[C@H](CCCN=C(N)N)NC(=O)[C@H](CC(C)C)NC(=O)[C@@H](CC(C)C)NC(=O)[C@H](Cc1ccc(O)cc1)NC(=O)[C@H](COC(C)(C)C)NC(=O)[C@H](Cc1c[nH]c2ccccc12)NC(=O)[C@H](Cc1cnc[nH]1)NC(=O)[C@@H]1CCC(=O)N1. The molecule has 91 heavy (non-hydrogen) atoms. The Hall–Kier alpha value is -9.08. The first-order chi connectivity index (χ1) is 43.2. The van der Waals surface area contributed by atoms with E-state index in [1.807, 2.05) is 52.0 Å². The van der Waals surface area contributed by atoms with Gasteiger partial charge in [-0.3, -0.25) is 52.9 Å². The van der Waals surface area contributed by atoms with Gasteiger partial charge < -0.3 is 84.0 Å². The largest absolute Gasteiger partial charge is 0.508 e. The van der Waals surface area contributed by atoms with Crippen LogP contribution in [0.25, 0.3) is 10.9 Å². The van der Waals surface area contributed by atoms with E-state index in [0.717, 1.165) is 10.9 Å². The number of para-hydroxylation sites is 1. The van der Waals surface area contributed by atoms with Crippen molar-refractivity contribution in [2.24, 2.45) is 28.3 Å². The molecule has 0 spiro atoms. The minimum atomic E-state index is -1.55. The molecule has 2 fully saturated rings. The van der Waals surface area contributed by atoms with Crippen LogP contribution in [-0.4, -0.2) is 176 Å². The van der Waals surface area contributed by atoms with Crippen molar-refractivity contribution >= 4 is 75.9 Å². The van der Waals surface area contributed by atoms with E-state index in [4.69, 9.17) is 16.2 Å². The molecule has 0 saturated carbocycles. The van der Waals surface area contributed by atoms with Crippen molar-refractivity contribution in [2.45, 2.75) is 186 Å². The molecule has 496 valence electrons. The van der Waals surface area contributed by atoms with E-state index in [1.54, 1.807) is 46.0 Å². The average molecular weight is 1270 g/mol. The van der Waals surface area contributed by atoms with Crippen LogP contribution >= 0.6 is 0 Å². The number of H-pyrrole nitrogens is 2. The molecule has 0 bridgehead atoms. The first kappa shape index (κ1) is 71.0. The number of likely N-dealkylation sites (N-methyl/N-ethyl adjacent to an activating group) is 1. The van der Waals surface area contributed by atoms with Gasteiger partial charge in [0.15, 0.2) is 5.96 Å². The smallest absolute Gasteiger partial charge is 0.245 e. The van der Waals surface area contributed by atoms with Crippen LogP contribution in [0.2, 0.25) is 0 Å². The van der Waals surface area contributed by atoms with Crippen LogP contribution in [0.5, 0.6) is 5.75 Å². The zero-order valence-corrected chi connectivity index (χ0v) is 53.2. The number of nitrogens with one attached hydrogen (secondary N) is 11. The van der Waals surface area contributed by atoms with Gasteiger partial charge >= 0.3 is 0 Å². The number of aromatic amines is 2. The van der Waals surface area contributed by atoms with Gasteiger partial charge in [0, 0.05) is 74.3 Å². The van der Waals surface area contributed by atoms with Crippen molar-refractivity contribution < 1.29 is 57.8 Å². The molecule has 6 rings (SSSR count). The Morgan fingerprint density at radius 3 is 1.86 bits per heavy atom. The fourth-order valence-corrected chi connectivity index (χ4v) is 10.8. The Morgan fingerprint density at radius 1 is 0.714 bits per heavy atom. The molecule has 9 atom stereocenters. The van der Waals surface area contributed by atoms with Gasteiger partial charge in [-0.25, -0.2) is 4.98 Å². The lowest BCUT2D eigenvalue weighted by Crippen LogP contribution is -2.62. The van der Waals surface area contributed by atoms with Crippen LogP contribution in [0.3, 0.4) is 0 Å². The summed E-state index contributed by atoms with van der Waals surface area (Å²) in [5, 5.41) is 35.9. The Morgan fingerprint density at radius 2 is 1.29 bits per heavy atom. The minimum Gasteiger partial charge on any atom is -0.508 e. The Kier molecular flexibility index (Phi) is 26.3. The van der Waals surface area contributed by atoms with Crippen molar-refractivity contribution in [2.75, 3.05) is 26.2 Å². The van der Waals surface area contributed by atoms with Gasteiger partial charge in [0.25, 0.3) is 0 Å². The molecule has 0 radical (unpaired) electrons. The molecule has 2 aliphatic heterocycles. The molecule has 10 amide bonds. The number of hydrogen-bond acceptors (Lipinski definition) is 14. The van der Waals surface area contributed by atoms with Gasteiger partial charge in [0.05, 0.1) is 18.5 Å². The van der Waals surface area contributed by atoms with Crippen LogP contribution in [0.1, 0.15) is 124 Å². The van der Waals surface area contributed by atoms with E-state index < -0.39 is 114 Å². The fourth-order valence-electron chi connectivity index (χ4n) is 10.8. The van der Waals surface area contributed by atoms with Gasteiger partial charge in [0.2, 0.25) is 59.1 Å². The molecule has 2 aliphatic rings. The first-order valence-corrected chi connectivity index (χ1v) is 31.2. The number of phenolic OH excluding ortho intramolecular Hbond substituents is 1. The summed E-state index contributed by atoms with van der Waals surface area (Å²) < 4.78 is 6.13. The molecule has 2 aromatic carbocycles. The van der Waals surface area contributed by atoms with Crippen LogP contribution < -0.4 is 59.3 Å². The van der Waals surface area contributed by atoms with Gasteiger partial charge in [-0.2, -0.15) is 0 Å². The van der Waals surface area contributed by atoms with Gasteiger partial charge in [-0.15, -0.1) is 0 Å². The fraction of sp³-hybridized carbons (Fsp3) is 0.556. The quantitative estimate of drug-likeness (QED) is 0.0174. The van der Waals surface area contributed by atoms with Gasteiger partial charge in [0.1, 0.15) is 60.1 Å². The molecule has 4 aromatic rings. The molecular formula is C63H92N16O12. The van der Waals surface area contributed by atoms with Crippen molar-refractivity contribution in [3.63, 3.8) is 0 Å². The highest BCUT2D eigenvalue weighted by Crippen LogP contribution is 2.23. The number of carbonyl (C=O) groups is 10. The maximum atomic E-state index is 15.0. The van der Waals surface area contributed by atoms with Crippen molar-refractivity contribution in [3.8, 4) is 5.75 Å². The zero-order chi connectivity index (χ0) is 66.5. The summed E-state index contributed by atoms with van der Waals surface area (Å²) in [6.45, 7) is 14.7. The van der Waals surface area contributed by atoms with Crippen LogP contribution in [-0.2, 0) is 71.9 Å². The Labute approximate surface area is 529 Å². The highest BCUT2D eigenvalue weighted by molar-refractivity contribution is 5.99. The number of fused-ring (bicyclic) bond motifs is 1. The average Bonchev–Trinajstić information content (AvgIpc) is 2.62. The molecule has 0 unspecified atom stereocenters. The maximum absolute atomic E-state index is 15.0. The molecular weight excluding hydrogens is 1170 g/mol. The number of aromatic nitrogens is 3. The predicted molar refractivity (Wildman–Crippen MR) is 339 cm³/mol. The van der Waals surface area contributed by atoms with Crippen molar-refractivity contribution in [3.05, 3.63) is 84.1 Å². The van der Waals surface area contributed by atoms with Gasteiger partial charge in [-0.1, -0.05) is 58.0 Å². The minimum absolute atomic E-state index is 0.0563. The number of benzene rings is 2. The van der Waals surface area contributed by atoms with Crippen LogP contribution in [0.15, 0.2) is 72.2 Å². The van der Waals surface area contributed by atoms with E-state index in [1.165, 1.54) is 29.6 Å². The Balaban J connectivity index is 1.27. The zero-order valence-electron chi connectivity index (χ0n) is 53.2. The number of aromatic hydroxyl groups is 1. The standard InChI is InChI=1S/C63H92N16O12/c1-9-67-60(89)51-17-13-25-79(51)61(90)44(16-12-24-68-62(64)65)72-54(83)45(26-35(2)3)73-55(84)46(27-36(4)5)74-56(85)47(28-37-18-20-40(80)21-19-37)75-59(88)50(33-91-63(6,7)8)78-57(86)48(29-38-31-69-42-15-11-10-14-41(38)42)76-58(87)49(30-39-32-66-34-70-39)77-53(82)43-22-23-52(81)71-43/h10-11,14-15,18-21,31-32,34-36,43-51,69,80H,9,12-13,16-17,22-30,33H2,1-8H3,(H,66,70)(H,67,89)(H,71,81)(H,72,83)(H,73,84)(H,74,85)(H,75,88)(H,76,87)(H,77,82)(H,78,86)(H4,64,65,68)/t43-,44-,45-,46+,47-,48-,49-,50-,51-/m0/s1. The number of nitrogens with zero attached hydrogens (tertiary/aromatic N) is 3. The molecule has 2 saturated heterocycles. The van der Waals surface area contributed by atoms with Gasteiger partial charge in [-0.05, 0) is 114 Å². The number of likely N-dealkylation sites (tertiary alicyclic amines) is 1. The lowest BCUT2D eigenvalue weighted by atomic mass is 9.98. The summed E-state index contributed by atoms with van der Waals surface area (Å²) in [5.74, 6) is -7.12. The van der Waals surface area contributed by atoms with Crippen molar-refractivity contribution in [1.29, 1.82) is 0 Å². The number of phenols is 1. The predicted octanol–water partition coefficient (Wildman–Crippen LogP) is 0.385. The van der Waals surface area contributed by atoms with E-state index in [9.17, 15) is 48.3 Å². The third-order valence-electron chi connectivity index (χ3n) is 15.4. The third kappa shape index (κ3) is 22.1. The molecule has 28 heteroatoms. The maximum Gasteiger partial charge on any atom is 0.245 e. The van der Waals surface area contributed by atoms with Crippen LogP contribution in [0, 0.1) is 11.8 Å². The molecule has 28 nitrogen and oxygen atoms in total. The monoisotopic (exact) mass is 1260 g/mol. The second-order valence-electron chi connectivity index (χ2n) is 25.0. The number of amides is 10. The number of ether oxygens (including phenoxy) is 1. The summed E-state index contributed by atoms with van der Waals surface area (Å²) >= 11 is 0. The number of hydrogen-bond donors (Lipinski definition) is 14. The lowest BCUT2D eigenvalue weighted by Gasteiger charge is -2.31. The topological polar surface area (TPSA) is 421 Å². The third-order valence-corrected chi connectivity index (χ3v) is 15.4. The summed E-state index contributed by atoms with van der Waals surface area (Å²) in [5.41, 5.74) is 12.6. The number of nitrogens with two attached hydrogens (primary N) is 2. The molecule has 0 aliphatic carbocycles. The summed E-state index contributed by atoms with van der Waals surface area (Å²) in [6, 6.07) is 2.16. The Bertz CT molecular complexity index is 3170. The number of guanidine groups is 1. The van der Waals surface area contributed by atoms with E-state index in [0.29, 0.717) is 36.2 Å². The summed E-state index contributed by atoms with van der Waals surface area (Å²) in [6.07, 6.45) is 6.04. The second kappa shape index (κ2) is 33.7. The molecule has 2 aromatic heterocycles. The van der Waals surface area contributed by atoms with E-state index >= 15 is 4.79 Å². The van der Waals surface area contributed by atoms with E-state index in [2.05, 4.69) is 67.8 Å². The number of rotatable bonds is 33.